The molecule has 1 heterocycles. The molecule has 1 aliphatic carbocycles. The highest BCUT2D eigenvalue weighted by Gasteiger charge is 2.26. The van der Waals surface area contributed by atoms with Crippen molar-refractivity contribution in [3.63, 3.8) is 0 Å². The Balaban J connectivity index is 2.25. The highest BCUT2D eigenvalue weighted by atomic mass is 79.9. The Morgan fingerprint density at radius 1 is 1.46 bits per heavy atom. The van der Waals surface area contributed by atoms with Crippen molar-refractivity contribution in [2.75, 3.05) is 0 Å². The van der Waals surface area contributed by atoms with Crippen LogP contribution in [-0.4, -0.2) is 10.8 Å². The molecule has 1 aromatic heterocycles. The van der Waals surface area contributed by atoms with Crippen LogP contribution in [0.15, 0.2) is 22.8 Å². The smallest absolute Gasteiger partial charge is 0.141 e. The summed E-state index contributed by atoms with van der Waals surface area (Å²) in [7, 11) is 0. The summed E-state index contributed by atoms with van der Waals surface area (Å²) >= 11 is 3.32. The maximum Gasteiger partial charge on any atom is 0.141 e. The van der Waals surface area contributed by atoms with Crippen LogP contribution >= 0.6 is 15.9 Å². The second-order valence-electron chi connectivity index (χ2n) is 3.31. The highest BCUT2D eigenvalue weighted by Crippen LogP contribution is 2.30. The predicted molar refractivity (Wildman–Crippen MR) is 53.5 cm³/mol. The molecule has 0 N–H and O–H groups in total. The van der Waals surface area contributed by atoms with Crippen molar-refractivity contribution in [3.8, 4) is 0 Å². The van der Waals surface area contributed by atoms with E-state index in [1.807, 2.05) is 12.1 Å². The molecule has 0 aromatic carbocycles. The van der Waals surface area contributed by atoms with E-state index in [0.29, 0.717) is 5.78 Å². The van der Waals surface area contributed by atoms with Gasteiger partial charge >= 0.3 is 0 Å². The lowest BCUT2D eigenvalue weighted by Crippen LogP contribution is -2.05. The molecule has 3 heteroatoms. The van der Waals surface area contributed by atoms with Crippen molar-refractivity contribution in [2.45, 2.75) is 25.2 Å². The number of nitrogens with zero attached hydrogens (tertiary/aromatic N) is 1. The Morgan fingerprint density at radius 3 is 2.85 bits per heavy atom. The molecule has 0 saturated heterocycles. The van der Waals surface area contributed by atoms with Gasteiger partial charge in [0, 0.05) is 17.1 Å². The summed E-state index contributed by atoms with van der Waals surface area (Å²) in [5, 5.41) is 0. The van der Waals surface area contributed by atoms with Gasteiger partial charge < -0.3 is 0 Å². The van der Waals surface area contributed by atoms with Gasteiger partial charge in [-0.3, -0.25) is 9.78 Å². The SMILES string of the molecule is O=C1CCCC1c1ccc(Br)cn1. The number of carbonyl (C=O) groups excluding carboxylic acids is 1. The number of halogens is 1. The molecule has 0 radical (unpaired) electrons. The van der Waals surface area contributed by atoms with Gasteiger partial charge in [-0.1, -0.05) is 0 Å². The van der Waals surface area contributed by atoms with Gasteiger partial charge in [0.2, 0.25) is 0 Å². The molecule has 1 aliphatic rings. The van der Waals surface area contributed by atoms with Crippen LogP contribution in [-0.2, 0) is 4.79 Å². The minimum Gasteiger partial charge on any atom is -0.299 e. The van der Waals surface area contributed by atoms with Crippen LogP contribution in [0.5, 0.6) is 0 Å². The first-order chi connectivity index (χ1) is 6.27. The number of rotatable bonds is 1. The normalized spacial score (nSPS) is 22.2. The number of pyridine rings is 1. The van der Waals surface area contributed by atoms with E-state index in [9.17, 15) is 4.79 Å². The van der Waals surface area contributed by atoms with Gasteiger partial charge in [-0.2, -0.15) is 0 Å². The van der Waals surface area contributed by atoms with E-state index in [-0.39, 0.29) is 5.92 Å². The second-order valence-corrected chi connectivity index (χ2v) is 4.23. The molecule has 0 spiro atoms. The predicted octanol–water partition coefficient (Wildman–Crippen LogP) is 2.68. The molecule has 1 atom stereocenters. The van der Waals surface area contributed by atoms with Gasteiger partial charge in [0.05, 0.1) is 11.6 Å². The largest absolute Gasteiger partial charge is 0.299 e. The summed E-state index contributed by atoms with van der Waals surface area (Å²) in [5.74, 6) is 0.405. The molecule has 68 valence electrons. The van der Waals surface area contributed by atoms with Crippen molar-refractivity contribution in [2.24, 2.45) is 0 Å². The Labute approximate surface area is 85.5 Å². The third kappa shape index (κ3) is 1.80. The Bertz CT molecular complexity index is 320. The van der Waals surface area contributed by atoms with E-state index in [4.69, 9.17) is 0 Å². The van der Waals surface area contributed by atoms with Crippen molar-refractivity contribution in [3.05, 3.63) is 28.5 Å². The summed E-state index contributed by atoms with van der Waals surface area (Å²) in [6.45, 7) is 0. The number of Topliss-reactive ketones (excluding diaryl/α,β-unsaturated/α-hetero) is 1. The average molecular weight is 240 g/mol. The quantitative estimate of drug-likeness (QED) is 0.755. The van der Waals surface area contributed by atoms with Crippen molar-refractivity contribution >= 4 is 21.7 Å². The molecule has 2 nitrogen and oxygen atoms in total. The molecule has 1 saturated carbocycles. The Kier molecular flexibility index (Phi) is 2.44. The standard InChI is InChI=1S/C10H10BrNO/c11-7-4-5-9(12-6-7)8-2-1-3-10(8)13/h4-6,8H,1-3H2. The molecule has 0 aliphatic heterocycles. The van der Waals surface area contributed by atoms with Gasteiger partial charge in [0.1, 0.15) is 5.78 Å². The van der Waals surface area contributed by atoms with Gasteiger partial charge in [-0.15, -0.1) is 0 Å². The fourth-order valence-corrected chi connectivity index (χ4v) is 1.96. The van der Waals surface area contributed by atoms with Gasteiger partial charge in [0.25, 0.3) is 0 Å². The van der Waals surface area contributed by atoms with Crippen LogP contribution < -0.4 is 0 Å². The zero-order chi connectivity index (χ0) is 9.26. The Hall–Kier alpha value is -0.700. The zero-order valence-corrected chi connectivity index (χ0v) is 8.75. The van der Waals surface area contributed by atoms with E-state index in [0.717, 1.165) is 29.4 Å². The fourth-order valence-electron chi connectivity index (χ4n) is 1.72. The number of hydrogen-bond donors (Lipinski definition) is 0. The fraction of sp³-hybridized carbons (Fsp3) is 0.400. The van der Waals surface area contributed by atoms with E-state index < -0.39 is 0 Å². The Morgan fingerprint density at radius 2 is 2.31 bits per heavy atom. The van der Waals surface area contributed by atoms with Gasteiger partial charge in [-0.05, 0) is 40.9 Å². The summed E-state index contributed by atoms with van der Waals surface area (Å²) in [6, 6.07) is 3.87. The molecule has 1 aromatic rings. The molecule has 1 unspecified atom stereocenters. The van der Waals surface area contributed by atoms with Crippen LogP contribution in [0.25, 0.3) is 0 Å². The third-order valence-electron chi connectivity index (χ3n) is 2.41. The van der Waals surface area contributed by atoms with Crippen molar-refractivity contribution < 1.29 is 4.79 Å². The third-order valence-corrected chi connectivity index (χ3v) is 2.88. The number of ketones is 1. The van der Waals surface area contributed by atoms with Gasteiger partial charge in [0.15, 0.2) is 0 Å². The topological polar surface area (TPSA) is 30.0 Å². The maximum absolute atomic E-state index is 11.4. The van der Waals surface area contributed by atoms with Crippen molar-refractivity contribution in [1.82, 2.24) is 4.98 Å². The first kappa shape index (κ1) is 8.88. The van der Waals surface area contributed by atoms with E-state index >= 15 is 0 Å². The minimum atomic E-state index is 0.0631. The van der Waals surface area contributed by atoms with E-state index in [1.165, 1.54) is 0 Å². The van der Waals surface area contributed by atoms with E-state index in [1.54, 1.807) is 6.20 Å². The monoisotopic (exact) mass is 239 g/mol. The highest BCUT2D eigenvalue weighted by molar-refractivity contribution is 9.10. The van der Waals surface area contributed by atoms with Crippen molar-refractivity contribution in [1.29, 1.82) is 0 Å². The van der Waals surface area contributed by atoms with Crippen LogP contribution in [0.4, 0.5) is 0 Å². The van der Waals surface area contributed by atoms with Crippen LogP contribution in [0, 0.1) is 0 Å². The molecule has 0 amide bonds. The second kappa shape index (κ2) is 3.58. The van der Waals surface area contributed by atoms with Crippen LogP contribution in [0.1, 0.15) is 30.9 Å². The molecular formula is C10H10BrNO. The molecule has 13 heavy (non-hydrogen) atoms. The number of hydrogen-bond acceptors (Lipinski definition) is 2. The van der Waals surface area contributed by atoms with Crippen LogP contribution in [0.3, 0.4) is 0 Å². The summed E-state index contributed by atoms with van der Waals surface area (Å²) < 4.78 is 0.960. The summed E-state index contributed by atoms with van der Waals surface area (Å²) in [5.41, 5.74) is 0.922. The molecular weight excluding hydrogens is 230 g/mol. The van der Waals surface area contributed by atoms with Gasteiger partial charge in [-0.25, -0.2) is 0 Å². The lowest BCUT2D eigenvalue weighted by atomic mass is 10.0. The lowest BCUT2D eigenvalue weighted by Gasteiger charge is -2.05. The first-order valence-electron chi connectivity index (χ1n) is 4.41. The minimum absolute atomic E-state index is 0.0631. The maximum atomic E-state index is 11.4. The lowest BCUT2D eigenvalue weighted by molar-refractivity contribution is -0.118. The van der Waals surface area contributed by atoms with Crippen LogP contribution in [0.2, 0.25) is 0 Å². The first-order valence-corrected chi connectivity index (χ1v) is 5.21. The molecule has 2 rings (SSSR count). The summed E-state index contributed by atoms with van der Waals surface area (Å²) in [4.78, 5) is 15.7. The number of aromatic nitrogens is 1. The average Bonchev–Trinajstić information content (AvgIpc) is 2.53. The number of carbonyl (C=O) groups is 1. The molecule has 0 bridgehead atoms. The zero-order valence-electron chi connectivity index (χ0n) is 7.16. The summed E-state index contributed by atoms with van der Waals surface area (Å²) in [6.07, 6.45) is 4.46. The molecule has 1 fully saturated rings. The van der Waals surface area contributed by atoms with E-state index in [2.05, 4.69) is 20.9 Å².